The van der Waals surface area contributed by atoms with Crippen LogP contribution in [0.4, 0.5) is 0 Å². The van der Waals surface area contributed by atoms with Crippen LogP contribution in [0.15, 0.2) is 0 Å². The minimum absolute atomic E-state index is 0.00904. The van der Waals surface area contributed by atoms with E-state index in [1.807, 2.05) is 0 Å². The van der Waals surface area contributed by atoms with Crippen LogP contribution >= 0.6 is 11.6 Å². The summed E-state index contributed by atoms with van der Waals surface area (Å²) in [5.74, 6) is -0.245. The lowest BCUT2D eigenvalue weighted by atomic mass is 10.3. The normalized spacial score (nSPS) is 43.9. The second-order valence-corrected chi connectivity index (χ2v) is 3.15. The molecule has 0 aromatic carbocycles. The summed E-state index contributed by atoms with van der Waals surface area (Å²) in [4.78, 5) is 0. The molecule has 0 aromatic rings. The van der Waals surface area contributed by atoms with Crippen LogP contribution in [0.1, 0.15) is 12.8 Å². The van der Waals surface area contributed by atoms with E-state index in [-0.39, 0.29) is 6.10 Å². The maximum atomic E-state index is 5.61. The fourth-order valence-corrected chi connectivity index (χ4v) is 1.57. The summed E-state index contributed by atoms with van der Waals surface area (Å²) in [5.41, 5.74) is 0. The average molecular weight is 179 g/mol. The second-order valence-electron chi connectivity index (χ2n) is 2.84. The van der Waals surface area contributed by atoms with Crippen LogP contribution in [0, 0.1) is 0 Å². The Morgan fingerprint density at radius 3 is 2.91 bits per heavy atom. The van der Waals surface area contributed by atoms with Gasteiger partial charge in [-0.2, -0.15) is 0 Å². The first-order valence-electron chi connectivity index (χ1n) is 3.86. The van der Waals surface area contributed by atoms with Gasteiger partial charge in [0.25, 0.3) is 5.97 Å². The fourth-order valence-electron chi connectivity index (χ4n) is 1.41. The predicted octanol–water partition coefficient (Wildman–Crippen LogP) is 1.10. The fraction of sp³-hybridized carbons (Fsp3) is 1.00. The number of hydrogen-bond acceptors (Lipinski definition) is 3. The third-order valence-corrected chi connectivity index (χ3v) is 2.30. The Bertz CT molecular complexity index is 145. The smallest absolute Gasteiger partial charge is 0.283 e. The van der Waals surface area contributed by atoms with Crippen molar-refractivity contribution in [3.8, 4) is 0 Å². The molecule has 0 amide bonds. The molecule has 1 spiro atoms. The molecule has 0 bridgehead atoms. The lowest BCUT2D eigenvalue weighted by Crippen LogP contribution is -2.29. The summed E-state index contributed by atoms with van der Waals surface area (Å²) in [6.45, 7) is 1.29. The van der Waals surface area contributed by atoms with Crippen LogP contribution < -0.4 is 0 Å². The van der Waals surface area contributed by atoms with Crippen molar-refractivity contribution in [2.75, 3.05) is 19.1 Å². The van der Waals surface area contributed by atoms with Crippen molar-refractivity contribution in [1.82, 2.24) is 0 Å². The largest absolute Gasteiger partial charge is 0.327 e. The Kier molecular flexibility index (Phi) is 2.06. The first-order valence-corrected chi connectivity index (χ1v) is 4.40. The van der Waals surface area contributed by atoms with E-state index in [9.17, 15) is 0 Å². The third kappa shape index (κ3) is 1.38. The highest BCUT2D eigenvalue weighted by Gasteiger charge is 2.45. The Hall–Kier alpha value is 0.170. The van der Waals surface area contributed by atoms with Crippen molar-refractivity contribution in [2.24, 2.45) is 0 Å². The topological polar surface area (TPSA) is 27.7 Å². The van der Waals surface area contributed by atoms with Gasteiger partial charge >= 0.3 is 0 Å². The van der Waals surface area contributed by atoms with Crippen LogP contribution in [-0.2, 0) is 14.2 Å². The van der Waals surface area contributed by atoms with E-state index in [1.165, 1.54) is 0 Å². The van der Waals surface area contributed by atoms with Crippen molar-refractivity contribution < 1.29 is 14.2 Å². The van der Waals surface area contributed by atoms with Crippen molar-refractivity contribution in [2.45, 2.75) is 24.9 Å². The second kappa shape index (κ2) is 2.90. The number of halogens is 1. The maximum Gasteiger partial charge on any atom is 0.283 e. The predicted molar refractivity (Wildman–Crippen MR) is 39.5 cm³/mol. The van der Waals surface area contributed by atoms with E-state index in [2.05, 4.69) is 0 Å². The molecule has 0 aliphatic carbocycles. The van der Waals surface area contributed by atoms with Crippen molar-refractivity contribution in [1.29, 1.82) is 0 Å². The van der Waals surface area contributed by atoms with Gasteiger partial charge in [0.1, 0.15) is 6.10 Å². The van der Waals surface area contributed by atoms with Crippen molar-refractivity contribution in [3.05, 3.63) is 0 Å². The average Bonchev–Trinajstić information content (AvgIpc) is 2.62. The van der Waals surface area contributed by atoms with Crippen molar-refractivity contribution in [3.63, 3.8) is 0 Å². The van der Waals surface area contributed by atoms with E-state index in [0.717, 1.165) is 19.4 Å². The van der Waals surface area contributed by atoms with E-state index < -0.39 is 5.97 Å². The molecule has 0 N–H and O–H groups in total. The van der Waals surface area contributed by atoms with Gasteiger partial charge in [0.15, 0.2) is 0 Å². The molecular weight excluding hydrogens is 168 g/mol. The van der Waals surface area contributed by atoms with E-state index in [1.54, 1.807) is 0 Å². The number of alkyl halides is 1. The molecule has 2 saturated heterocycles. The van der Waals surface area contributed by atoms with Crippen LogP contribution in [0.2, 0.25) is 0 Å². The highest BCUT2D eigenvalue weighted by atomic mass is 35.5. The quantitative estimate of drug-likeness (QED) is 0.563. The van der Waals surface area contributed by atoms with Crippen LogP contribution in [0.3, 0.4) is 0 Å². The molecule has 2 atom stereocenters. The SMILES string of the molecule is ClC[C@H]1CO[C@@]2(CCCO2)O1. The number of rotatable bonds is 1. The summed E-state index contributed by atoms with van der Waals surface area (Å²) in [6.07, 6.45) is 1.85. The standard InChI is InChI=1S/C7H11ClO3/c8-4-6-5-10-7(11-6)2-1-3-9-7/h6H,1-5H2/t6-,7-/m0/s1. The molecule has 0 unspecified atom stereocenters. The molecule has 3 nitrogen and oxygen atoms in total. The molecule has 2 rings (SSSR count). The van der Waals surface area contributed by atoms with E-state index in [0.29, 0.717) is 12.5 Å². The van der Waals surface area contributed by atoms with Gasteiger partial charge in [-0.15, -0.1) is 11.6 Å². The highest BCUT2D eigenvalue weighted by Crippen LogP contribution is 2.34. The van der Waals surface area contributed by atoms with Gasteiger partial charge in [-0.1, -0.05) is 0 Å². The Balaban J connectivity index is 1.96. The minimum Gasteiger partial charge on any atom is -0.327 e. The highest BCUT2D eigenvalue weighted by molar-refractivity contribution is 6.18. The Labute approximate surface area is 70.6 Å². The van der Waals surface area contributed by atoms with E-state index in [4.69, 9.17) is 25.8 Å². The molecule has 2 fully saturated rings. The van der Waals surface area contributed by atoms with Gasteiger partial charge in [-0.25, -0.2) is 0 Å². The summed E-state index contributed by atoms with van der Waals surface area (Å²) >= 11 is 5.61. The molecule has 4 heteroatoms. The summed E-state index contributed by atoms with van der Waals surface area (Å²) in [7, 11) is 0. The molecule has 0 aromatic heterocycles. The van der Waals surface area contributed by atoms with E-state index >= 15 is 0 Å². The summed E-state index contributed by atoms with van der Waals surface area (Å²) < 4.78 is 16.2. The van der Waals surface area contributed by atoms with Crippen LogP contribution in [0.5, 0.6) is 0 Å². The third-order valence-electron chi connectivity index (χ3n) is 1.96. The van der Waals surface area contributed by atoms with Gasteiger partial charge in [0.2, 0.25) is 0 Å². The lowest BCUT2D eigenvalue weighted by Gasteiger charge is -2.20. The van der Waals surface area contributed by atoms with Gasteiger partial charge in [-0.05, 0) is 6.42 Å². The molecule has 11 heavy (non-hydrogen) atoms. The number of ether oxygens (including phenoxy) is 3. The minimum atomic E-state index is -0.723. The maximum absolute atomic E-state index is 5.61. The van der Waals surface area contributed by atoms with Gasteiger partial charge in [0, 0.05) is 6.42 Å². The van der Waals surface area contributed by atoms with Crippen LogP contribution in [0.25, 0.3) is 0 Å². The van der Waals surface area contributed by atoms with Gasteiger partial charge in [0.05, 0.1) is 19.1 Å². The molecule has 0 radical (unpaired) electrons. The Morgan fingerprint density at radius 2 is 2.36 bits per heavy atom. The lowest BCUT2D eigenvalue weighted by molar-refractivity contribution is -0.312. The molecule has 0 saturated carbocycles. The molecule has 2 heterocycles. The molecular formula is C7H11ClO3. The van der Waals surface area contributed by atoms with Gasteiger partial charge < -0.3 is 14.2 Å². The zero-order chi connectivity index (χ0) is 7.73. The first-order chi connectivity index (χ1) is 5.35. The zero-order valence-electron chi connectivity index (χ0n) is 6.22. The van der Waals surface area contributed by atoms with Gasteiger partial charge in [-0.3, -0.25) is 0 Å². The van der Waals surface area contributed by atoms with Crippen molar-refractivity contribution >= 4 is 11.6 Å². The number of hydrogen-bond donors (Lipinski definition) is 0. The molecule has 2 aliphatic rings. The summed E-state index contributed by atoms with van der Waals surface area (Å²) in [5, 5.41) is 0. The summed E-state index contributed by atoms with van der Waals surface area (Å²) in [6, 6.07) is 0. The first kappa shape index (κ1) is 7.80. The Morgan fingerprint density at radius 1 is 1.45 bits per heavy atom. The molecule has 2 aliphatic heterocycles. The molecule has 64 valence electrons. The zero-order valence-corrected chi connectivity index (χ0v) is 6.97. The monoisotopic (exact) mass is 178 g/mol. The van der Waals surface area contributed by atoms with Crippen LogP contribution in [-0.4, -0.2) is 31.2 Å².